The van der Waals surface area contributed by atoms with Gasteiger partial charge in [0.05, 0.1) is 17.0 Å². The fraction of sp³-hybridized carbons (Fsp3) is 0.500. The normalized spacial score (nSPS) is 12.1. The average Bonchev–Trinajstić information content (AvgIpc) is 2.59. The Morgan fingerprint density at radius 1 is 1.47 bits per heavy atom. The van der Waals surface area contributed by atoms with Crippen LogP contribution < -0.4 is 0 Å². The molecule has 0 radical (unpaired) electrons. The first kappa shape index (κ1) is 13.8. The van der Waals surface area contributed by atoms with Gasteiger partial charge in [-0.05, 0) is 24.4 Å². The van der Waals surface area contributed by atoms with Gasteiger partial charge in [-0.25, -0.2) is 4.99 Å². The maximum Gasteiger partial charge on any atom is 0.198 e. The molecule has 0 saturated carbocycles. The summed E-state index contributed by atoms with van der Waals surface area (Å²) in [6.07, 6.45) is 0. The van der Waals surface area contributed by atoms with Gasteiger partial charge in [-0.1, -0.05) is 25.6 Å². The van der Waals surface area contributed by atoms with Crippen LogP contribution in [0.15, 0.2) is 16.1 Å². The Kier molecular flexibility index (Phi) is 4.34. The lowest BCUT2D eigenvalue weighted by molar-refractivity contribution is 0.387. The molecular weight excluding hydrogens is 238 g/mol. The molecule has 17 heavy (non-hydrogen) atoms. The summed E-state index contributed by atoms with van der Waals surface area (Å²) in [5.41, 5.74) is 2.28. The van der Waals surface area contributed by atoms with E-state index in [1.807, 2.05) is 34.9 Å². The Hall–Kier alpha value is -1.29. The van der Waals surface area contributed by atoms with E-state index in [0.29, 0.717) is 16.8 Å². The predicted molar refractivity (Wildman–Crippen MR) is 71.3 cm³/mol. The minimum absolute atomic E-state index is 0.257. The van der Waals surface area contributed by atoms with Crippen LogP contribution in [0.5, 0.6) is 0 Å². The third-order valence-corrected chi connectivity index (χ3v) is 2.74. The molecule has 0 bridgehead atoms. The standard InChI is InChI=1S/C12H18ClN3O/c1-7(2)11-10(9(4)17-15-11)8(3)14-12(13)16(5)6/h7H,3H2,1-2,4-6H3/b14-12-. The van der Waals surface area contributed by atoms with E-state index < -0.39 is 0 Å². The first-order chi connectivity index (χ1) is 7.84. The first-order valence-electron chi connectivity index (χ1n) is 5.41. The van der Waals surface area contributed by atoms with E-state index in [1.54, 1.807) is 4.90 Å². The summed E-state index contributed by atoms with van der Waals surface area (Å²) >= 11 is 5.98. The van der Waals surface area contributed by atoms with Crippen molar-refractivity contribution in [2.75, 3.05) is 14.1 Å². The van der Waals surface area contributed by atoms with Crippen molar-refractivity contribution in [2.45, 2.75) is 26.7 Å². The molecule has 0 N–H and O–H groups in total. The molecule has 4 nitrogen and oxygen atoms in total. The zero-order valence-corrected chi connectivity index (χ0v) is 11.7. The lowest BCUT2D eigenvalue weighted by Gasteiger charge is -2.10. The zero-order chi connectivity index (χ0) is 13.2. The van der Waals surface area contributed by atoms with Gasteiger partial charge in [-0.2, -0.15) is 0 Å². The van der Waals surface area contributed by atoms with Gasteiger partial charge < -0.3 is 9.42 Å². The molecule has 1 aromatic rings. The molecular formula is C12H18ClN3O. The fourth-order valence-electron chi connectivity index (χ4n) is 1.40. The summed E-state index contributed by atoms with van der Waals surface area (Å²) < 4.78 is 5.18. The van der Waals surface area contributed by atoms with Crippen LogP contribution >= 0.6 is 11.6 Å². The van der Waals surface area contributed by atoms with Crippen molar-refractivity contribution in [3.8, 4) is 0 Å². The van der Waals surface area contributed by atoms with Crippen molar-refractivity contribution in [3.63, 3.8) is 0 Å². The molecule has 94 valence electrons. The monoisotopic (exact) mass is 255 g/mol. The summed E-state index contributed by atoms with van der Waals surface area (Å²) in [6.45, 7) is 9.86. The maximum absolute atomic E-state index is 5.98. The average molecular weight is 256 g/mol. The van der Waals surface area contributed by atoms with E-state index in [9.17, 15) is 0 Å². The van der Waals surface area contributed by atoms with Gasteiger partial charge in [0.2, 0.25) is 0 Å². The van der Waals surface area contributed by atoms with Crippen LogP contribution in [-0.4, -0.2) is 29.4 Å². The highest BCUT2D eigenvalue weighted by Crippen LogP contribution is 2.28. The molecule has 0 unspecified atom stereocenters. The number of aryl methyl sites for hydroxylation is 1. The van der Waals surface area contributed by atoms with E-state index in [0.717, 1.165) is 11.3 Å². The molecule has 0 fully saturated rings. The lowest BCUT2D eigenvalue weighted by Crippen LogP contribution is -2.16. The number of aromatic nitrogens is 1. The van der Waals surface area contributed by atoms with Crippen LogP contribution in [0.3, 0.4) is 0 Å². The second kappa shape index (κ2) is 5.36. The van der Waals surface area contributed by atoms with Gasteiger partial charge in [-0.15, -0.1) is 0 Å². The van der Waals surface area contributed by atoms with E-state index >= 15 is 0 Å². The van der Waals surface area contributed by atoms with Crippen molar-refractivity contribution >= 4 is 22.6 Å². The molecule has 1 heterocycles. The number of hydrogen-bond donors (Lipinski definition) is 0. The number of hydrogen-bond acceptors (Lipinski definition) is 3. The molecule has 5 heteroatoms. The maximum atomic E-state index is 5.98. The fourth-order valence-corrected chi connectivity index (χ4v) is 1.50. The minimum atomic E-state index is 0.257. The Balaban J connectivity index is 3.13. The largest absolute Gasteiger partial charge is 0.361 e. The van der Waals surface area contributed by atoms with Crippen molar-refractivity contribution in [2.24, 2.45) is 4.99 Å². The van der Waals surface area contributed by atoms with Crippen LogP contribution in [0.4, 0.5) is 0 Å². The molecule has 0 saturated heterocycles. The molecule has 1 rings (SSSR count). The van der Waals surface area contributed by atoms with Gasteiger partial charge in [0.15, 0.2) is 5.29 Å². The number of nitrogens with zero attached hydrogens (tertiary/aromatic N) is 3. The van der Waals surface area contributed by atoms with Crippen molar-refractivity contribution < 1.29 is 4.52 Å². The SMILES string of the molecule is C=C(/N=C(/Cl)N(C)C)c1c(C(C)C)noc1C. The van der Waals surface area contributed by atoms with Crippen LogP contribution in [-0.2, 0) is 0 Å². The molecule has 0 atom stereocenters. The van der Waals surface area contributed by atoms with Gasteiger partial charge in [0, 0.05) is 14.1 Å². The molecule has 0 aliphatic rings. The Labute approximate surface area is 107 Å². The van der Waals surface area contributed by atoms with E-state index in [1.165, 1.54) is 0 Å². The van der Waals surface area contributed by atoms with Crippen LogP contribution in [0.1, 0.15) is 36.8 Å². The number of aliphatic imine (C=N–C) groups is 1. The van der Waals surface area contributed by atoms with Gasteiger partial charge in [0.25, 0.3) is 0 Å². The highest BCUT2D eigenvalue weighted by molar-refractivity contribution is 6.64. The van der Waals surface area contributed by atoms with Crippen LogP contribution in [0, 0.1) is 6.92 Å². The van der Waals surface area contributed by atoms with Crippen molar-refractivity contribution in [3.05, 3.63) is 23.6 Å². The van der Waals surface area contributed by atoms with Crippen molar-refractivity contribution in [1.82, 2.24) is 10.1 Å². The molecule has 0 spiro atoms. The predicted octanol–water partition coefficient (Wildman–Crippen LogP) is 3.23. The zero-order valence-electron chi connectivity index (χ0n) is 10.9. The number of amidine groups is 1. The van der Waals surface area contributed by atoms with Crippen LogP contribution in [0.25, 0.3) is 5.70 Å². The van der Waals surface area contributed by atoms with Gasteiger partial charge >= 0.3 is 0 Å². The highest BCUT2D eigenvalue weighted by atomic mass is 35.5. The molecule has 0 aliphatic heterocycles. The summed E-state index contributed by atoms with van der Waals surface area (Å²) in [5, 5.41) is 4.41. The van der Waals surface area contributed by atoms with Crippen LogP contribution in [0.2, 0.25) is 0 Å². The Bertz CT molecular complexity index is 447. The summed E-state index contributed by atoms with van der Waals surface area (Å²) in [4.78, 5) is 5.95. The third kappa shape index (κ3) is 3.09. The minimum Gasteiger partial charge on any atom is -0.361 e. The second-order valence-corrected chi connectivity index (χ2v) is 4.71. The summed E-state index contributed by atoms with van der Waals surface area (Å²) in [7, 11) is 3.64. The number of rotatable bonds is 3. The van der Waals surface area contributed by atoms with Crippen molar-refractivity contribution in [1.29, 1.82) is 0 Å². The Morgan fingerprint density at radius 2 is 2.06 bits per heavy atom. The molecule has 0 amide bonds. The topological polar surface area (TPSA) is 41.6 Å². The molecule has 1 aromatic heterocycles. The molecule has 0 aromatic carbocycles. The quantitative estimate of drug-likeness (QED) is 0.473. The first-order valence-corrected chi connectivity index (χ1v) is 5.79. The Morgan fingerprint density at radius 3 is 2.53 bits per heavy atom. The summed E-state index contributed by atoms with van der Waals surface area (Å²) in [6, 6.07) is 0. The molecule has 0 aliphatic carbocycles. The highest BCUT2D eigenvalue weighted by Gasteiger charge is 2.18. The third-order valence-electron chi connectivity index (χ3n) is 2.32. The van der Waals surface area contributed by atoms with E-state index in [-0.39, 0.29) is 5.92 Å². The summed E-state index contributed by atoms with van der Waals surface area (Å²) in [5.74, 6) is 0.971. The van der Waals surface area contributed by atoms with Gasteiger partial charge in [0.1, 0.15) is 5.76 Å². The number of halogens is 1. The van der Waals surface area contributed by atoms with Gasteiger partial charge in [-0.3, -0.25) is 0 Å². The van der Waals surface area contributed by atoms with E-state index in [2.05, 4.69) is 16.7 Å². The van der Waals surface area contributed by atoms with E-state index in [4.69, 9.17) is 16.1 Å². The smallest absolute Gasteiger partial charge is 0.198 e. The lowest BCUT2D eigenvalue weighted by atomic mass is 10.0. The second-order valence-electron chi connectivity index (χ2n) is 4.38.